The Morgan fingerprint density at radius 1 is 1.43 bits per heavy atom. The number of carbonyl (C=O) groups excluding carboxylic acids is 1. The van der Waals surface area contributed by atoms with Crippen LogP contribution in [-0.4, -0.2) is 34.6 Å². The number of pyridine rings is 1. The Hall–Kier alpha value is -2.11. The summed E-state index contributed by atoms with van der Waals surface area (Å²) < 4.78 is 0. The van der Waals surface area contributed by atoms with E-state index < -0.39 is 11.9 Å². The maximum atomic E-state index is 11.7. The smallest absolute Gasteiger partial charge is 0.306 e. The number of carbonyl (C=O) groups is 2. The van der Waals surface area contributed by atoms with Gasteiger partial charge in [0.05, 0.1) is 11.5 Å². The first-order chi connectivity index (χ1) is 9.81. The summed E-state index contributed by atoms with van der Waals surface area (Å²) in [6, 6.07) is 1.84. The normalized spacial score (nSPS) is 22.1. The summed E-state index contributed by atoms with van der Waals surface area (Å²) in [6.45, 7) is 6.23. The molecule has 114 valence electrons. The van der Waals surface area contributed by atoms with Crippen molar-refractivity contribution < 1.29 is 14.7 Å². The van der Waals surface area contributed by atoms with Gasteiger partial charge in [0, 0.05) is 18.3 Å². The first kappa shape index (κ1) is 15.3. The van der Waals surface area contributed by atoms with E-state index in [1.165, 1.54) is 0 Å². The lowest BCUT2D eigenvalue weighted by Crippen LogP contribution is -2.44. The third kappa shape index (κ3) is 2.99. The van der Waals surface area contributed by atoms with Gasteiger partial charge in [-0.2, -0.15) is 0 Å². The highest BCUT2D eigenvalue weighted by Crippen LogP contribution is 2.30. The number of nitrogens with zero attached hydrogens (tertiary/aromatic N) is 2. The van der Waals surface area contributed by atoms with Crippen LogP contribution in [0.25, 0.3) is 0 Å². The Morgan fingerprint density at radius 3 is 2.62 bits per heavy atom. The average molecular weight is 291 g/mol. The summed E-state index contributed by atoms with van der Waals surface area (Å²) in [4.78, 5) is 29.3. The number of aliphatic carboxylic acids is 1. The summed E-state index contributed by atoms with van der Waals surface area (Å²) >= 11 is 0. The van der Waals surface area contributed by atoms with Crippen LogP contribution in [0.3, 0.4) is 0 Å². The van der Waals surface area contributed by atoms with E-state index in [4.69, 9.17) is 10.8 Å². The molecule has 6 nitrogen and oxygen atoms in total. The maximum Gasteiger partial charge on any atom is 0.306 e. The quantitative estimate of drug-likeness (QED) is 0.879. The minimum Gasteiger partial charge on any atom is -0.481 e. The number of hydrogen-bond donors (Lipinski definition) is 2. The number of hydrogen-bond acceptors (Lipinski definition) is 4. The van der Waals surface area contributed by atoms with Crippen molar-refractivity contribution in [3.8, 4) is 0 Å². The molecule has 2 atom stereocenters. The molecule has 0 aliphatic carbocycles. The van der Waals surface area contributed by atoms with E-state index in [-0.39, 0.29) is 12.0 Å². The minimum atomic E-state index is -0.759. The summed E-state index contributed by atoms with van der Waals surface area (Å²) in [5, 5.41) is 9.14. The van der Waals surface area contributed by atoms with Gasteiger partial charge in [-0.05, 0) is 45.2 Å². The van der Waals surface area contributed by atoms with Gasteiger partial charge >= 0.3 is 5.97 Å². The fourth-order valence-corrected chi connectivity index (χ4v) is 3.04. The highest BCUT2D eigenvalue weighted by atomic mass is 16.4. The van der Waals surface area contributed by atoms with E-state index in [1.807, 2.05) is 31.7 Å². The molecule has 6 heteroatoms. The fourth-order valence-electron chi connectivity index (χ4n) is 3.04. The van der Waals surface area contributed by atoms with Crippen LogP contribution in [0, 0.1) is 19.8 Å². The van der Waals surface area contributed by atoms with E-state index in [9.17, 15) is 9.59 Å². The number of primary amides is 1. The van der Waals surface area contributed by atoms with Crippen molar-refractivity contribution in [2.24, 2.45) is 11.7 Å². The van der Waals surface area contributed by atoms with Crippen molar-refractivity contribution in [3.05, 3.63) is 22.9 Å². The highest BCUT2D eigenvalue weighted by Gasteiger charge is 2.32. The molecule has 1 amide bonds. The number of carboxylic acid groups (broad SMARTS) is 1. The maximum absolute atomic E-state index is 11.7. The molecule has 2 heterocycles. The van der Waals surface area contributed by atoms with Gasteiger partial charge in [0.25, 0.3) is 5.91 Å². The second-order valence-electron chi connectivity index (χ2n) is 5.75. The number of piperidine rings is 1. The first-order valence-corrected chi connectivity index (χ1v) is 7.08. The van der Waals surface area contributed by atoms with Crippen LogP contribution in [0.5, 0.6) is 0 Å². The van der Waals surface area contributed by atoms with Gasteiger partial charge in [0.15, 0.2) is 0 Å². The van der Waals surface area contributed by atoms with Gasteiger partial charge in [-0.1, -0.05) is 0 Å². The lowest BCUT2D eigenvalue weighted by atomic mass is 9.91. The third-order valence-electron chi connectivity index (χ3n) is 4.07. The summed E-state index contributed by atoms with van der Waals surface area (Å²) in [5.41, 5.74) is 7.55. The molecule has 0 spiro atoms. The SMILES string of the molecule is Cc1cc(C)c(C(N)=O)c(N2CCC(C(=O)O)CC2C)n1. The zero-order chi connectivity index (χ0) is 15.7. The van der Waals surface area contributed by atoms with Gasteiger partial charge in [0.1, 0.15) is 5.82 Å². The molecule has 1 aliphatic rings. The van der Waals surface area contributed by atoms with Crippen molar-refractivity contribution >= 4 is 17.7 Å². The average Bonchev–Trinajstić information content (AvgIpc) is 2.36. The molecule has 2 rings (SSSR count). The second kappa shape index (κ2) is 5.71. The number of aryl methyl sites for hydroxylation is 2. The largest absolute Gasteiger partial charge is 0.481 e. The van der Waals surface area contributed by atoms with Crippen molar-refractivity contribution in [1.82, 2.24) is 4.98 Å². The molecule has 3 N–H and O–H groups in total. The van der Waals surface area contributed by atoms with Crippen molar-refractivity contribution in [1.29, 1.82) is 0 Å². The molecule has 1 aliphatic heterocycles. The van der Waals surface area contributed by atoms with Gasteiger partial charge in [0.2, 0.25) is 0 Å². The van der Waals surface area contributed by atoms with Gasteiger partial charge in [-0.3, -0.25) is 9.59 Å². The number of nitrogens with two attached hydrogens (primary N) is 1. The Kier molecular flexibility index (Phi) is 4.16. The topological polar surface area (TPSA) is 96.5 Å². The van der Waals surface area contributed by atoms with Crippen molar-refractivity contribution in [2.75, 3.05) is 11.4 Å². The molecule has 1 aromatic rings. The zero-order valence-electron chi connectivity index (χ0n) is 12.6. The Labute approximate surface area is 124 Å². The second-order valence-corrected chi connectivity index (χ2v) is 5.75. The summed E-state index contributed by atoms with van der Waals surface area (Å²) in [7, 11) is 0. The molecule has 0 aromatic carbocycles. The number of rotatable bonds is 3. The molecular weight excluding hydrogens is 270 g/mol. The number of aromatic nitrogens is 1. The van der Waals surface area contributed by atoms with Crippen LogP contribution in [0.4, 0.5) is 5.82 Å². The minimum absolute atomic E-state index is 0.00616. The van der Waals surface area contributed by atoms with Crippen molar-refractivity contribution in [2.45, 2.75) is 39.7 Å². The molecule has 1 aromatic heterocycles. The lowest BCUT2D eigenvalue weighted by Gasteiger charge is -2.38. The van der Waals surface area contributed by atoms with Crippen LogP contribution in [-0.2, 0) is 4.79 Å². The van der Waals surface area contributed by atoms with Gasteiger partial charge < -0.3 is 15.7 Å². The molecule has 2 unspecified atom stereocenters. The highest BCUT2D eigenvalue weighted by molar-refractivity contribution is 5.99. The Balaban J connectivity index is 2.38. The molecule has 0 bridgehead atoms. The fraction of sp³-hybridized carbons (Fsp3) is 0.533. The molecule has 21 heavy (non-hydrogen) atoms. The molecule has 0 saturated carbocycles. The molecule has 1 fully saturated rings. The summed E-state index contributed by atoms with van der Waals surface area (Å²) in [6.07, 6.45) is 1.09. The third-order valence-corrected chi connectivity index (χ3v) is 4.07. The van der Waals surface area contributed by atoms with Gasteiger partial charge in [-0.25, -0.2) is 4.98 Å². The number of anilines is 1. The number of carboxylic acids is 1. The van der Waals surface area contributed by atoms with Crippen LogP contribution in [0.2, 0.25) is 0 Å². The van der Waals surface area contributed by atoms with Crippen LogP contribution < -0.4 is 10.6 Å². The monoisotopic (exact) mass is 291 g/mol. The lowest BCUT2D eigenvalue weighted by molar-refractivity contribution is -0.142. The van der Waals surface area contributed by atoms with E-state index in [0.717, 1.165) is 11.3 Å². The molecule has 1 saturated heterocycles. The predicted molar refractivity (Wildman–Crippen MR) is 79.4 cm³/mol. The standard InChI is InChI=1S/C15H21N3O3/c1-8-6-9(2)17-14(12(8)13(16)19)18-5-4-11(15(20)21)7-10(18)3/h6,10-11H,4-5,7H2,1-3H3,(H2,16,19)(H,20,21). The zero-order valence-corrected chi connectivity index (χ0v) is 12.6. The summed E-state index contributed by atoms with van der Waals surface area (Å²) in [5.74, 6) is -1.01. The Bertz CT molecular complexity index is 586. The Morgan fingerprint density at radius 2 is 2.10 bits per heavy atom. The van der Waals surface area contributed by atoms with E-state index in [2.05, 4.69) is 4.98 Å². The first-order valence-electron chi connectivity index (χ1n) is 7.08. The molecule has 0 radical (unpaired) electrons. The number of amides is 1. The van der Waals surface area contributed by atoms with E-state index >= 15 is 0 Å². The van der Waals surface area contributed by atoms with Crippen LogP contribution in [0.1, 0.15) is 41.4 Å². The predicted octanol–water partition coefficient (Wildman–Crippen LogP) is 1.49. The van der Waals surface area contributed by atoms with Crippen LogP contribution in [0.15, 0.2) is 6.07 Å². The van der Waals surface area contributed by atoms with Crippen molar-refractivity contribution in [3.63, 3.8) is 0 Å². The molecular formula is C15H21N3O3. The van der Waals surface area contributed by atoms with Crippen LogP contribution >= 0.6 is 0 Å². The van der Waals surface area contributed by atoms with E-state index in [0.29, 0.717) is 30.8 Å². The van der Waals surface area contributed by atoms with Gasteiger partial charge in [-0.15, -0.1) is 0 Å². The van der Waals surface area contributed by atoms with E-state index in [1.54, 1.807) is 0 Å².